The topological polar surface area (TPSA) is 12.4 Å². The molecule has 0 aliphatic heterocycles. The van der Waals surface area contributed by atoms with Crippen molar-refractivity contribution in [3.05, 3.63) is 0 Å². The van der Waals surface area contributed by atoms with Gasteiger partial charge in [0.15, 0.2) is 0 Å². The van der Waals surface area contributed by atoms with E-state index in [1.165, 1.54) is 38.5 Å². The van der Waals surface area contributed by atoms with Gasteiger partial charge in [-0.15, -0.1) is 0 Å². The van der Waals surface area contributed by atoms with Crippen LogP contribution in [0.15, 0.2) is 4.99 Å². The Morgan fingerprint density at radius 1 is 0.938 bits per heavy atom. The lowest BCUT2D eigenvalue weighted by atomic mass is 9.88. The van der Waals surface area contributed by atoms with Crippen LogP contribution in [0.1, 0.15) is 73.1 Å². The zero-order valence-corrected chi connectivity index (χ0v) is 12.0. The number of hydrogen-bond acceptors (Lipinski definition) is 1. The first-order valence-electron chi connectivity index (χ1n) is 7.22. The third-order valence-electron chi connectivity index (χ3n) is 3.55. The number of aliphatic imine (C=N–C) groups is 1. The van der Waals surface area contributed by atoms with Gasteiger partial charge in [0.2, 0.25) is 0 Å². The molecule has 3 atom stereocenters. The summed E-state index contributed by atoms with van der Waals surface area (Å²) >= 11 is 0. The summed E-state index contributed by atoms with van der Waals surface area (Å²) in [6.07, 6.45) is 9.82. The van der Waals surface area contributed by atoms with Crippen LogP contribution in [-0.4, -0.2) is 12.3 Å². The molecule has 0 amide bonds. The molecule has 0 spiro atoms. The quantitative estimate of drug-likeness (QED) is 0.484. The summed E-state index contributed by atoms with van der Waals surface area (Å²) in [5.74, 6) is 1.48. The molecule has 96 valence electrons. The van der Waals surface area contributed by atoms with Crippen LogP contribution in [0.5, 0.6) is 0 Å². The second-order valence-electron chi connectivity index (χ2n) is 4.97. The van der Waals surface area contributed by atoms with E-state index in [0.717, 1.165) is 5.92 Å². The third kappa shape index (κ3) is 6.30. The van der Waals surface area contributed by atoms with Crippen molar-refractivity contribution < 1.29 is 0 Å². The third-order valence-corrected chi connectivity index (χ3v) is 3.55. The Morgan fingerprint density at radius 3 is 2.00 bits per heavy atom. The van der Waals surface area contributed by atoms with Gasteiger partial charge in [-0.1, -0.05) is 60.3 Å². The Balaban J connectivity index is 4.16. The number of hydrogen-bond donors (Lipinski definition) is 0. The second-order valence-corrected chi connectivity index (χ2v) is 4.97. The summed E-state index contributed by atoms with van der Waals surface area (Å²) < 4.78 is 0. The van der Waals surface area contributed by atoms with Crippen molar-refractivity contribution in [2.75, 3.05) is 0 Å². The largest absolute Gasteiger partial charge is 0.294 e. The Hall–Kier alpha value is -0.330. The van der Waals surface area contributed by atoms with E-state index in [2.05, 4.69) is 40.8 Å². The van der Waals surface area contributed by atoms with Gasteiger partial charge < -0.3 is 0 Å². The first-order chi connectivity index (χ1) is 7.69. The molecule has 16 heavy (non-hydrogen) atoms. The van der Waals surface area contributed by atoms with Crippen molar-refractivity contribution in [3.63, 3.8) is 0 Å². The monoisotopic (exact) mass is 225 g/mol. The predicted octanol–water partition coefficient (Wildman–Crippen LogP) is 5.10. The van der Waals surface area contributed by atoms with Crippen molar-refractivity contribution in [1.29, 1.82) is 0 Å². The molecule has 0 saturated heterocycles. The van der Waals surface area contributed by atoms with Crippen LogP contribution in [0.25, 0.3) is 0 Å². The lowest BCUT2D eigenvalue weighted by molar-refractivity contribution is 0.397. The molecule has 1 heteroatoms. The van der Waals surface area contributed by atoms with Crippen LogP contribution >= 0.6 is 0 Å². The van der Waals surface area contributed by atoms with Crippen LogP contribution in [-0.2, 0) is 0 Å². The second kappa shape index (κ2) is 9.86. The number of rotatable bonds is 9. The maximum atomic E-state index is 4.76. The Morgan fingerprint density at radius 2 is 1.56 bits per heavy atom. The lowest BCUT2D eigenvalue weighted by Crippen LogP contribution is -2.13. The molecule has 0 aliphatic carbocycles. The van der Waals surface area contributed by atoms with Gasteiger partial charge in [0.25, 0.3) is 0 Å². The van der Waals surface area contributed by atoms with Crippen LogP contribution in [0.2, 0.25) is 0 Å². The van der Waals surface area contributed by atoms with Gasteiger partial charge in [-0.05, 0) is 24.7 Å². The van der Waals surface area contributed by atoms with Crippen LogP contribution < -0.4 is 0 Å². The normalized spacial score (nSPS) is 17.6. The Bertz CT molecular complexity index is 174. The average molecular weight is 225 g/mol. The van der Waals surface area contributed by atoms with E-state index in [0.29, 0.717) is 12.0 Å². The van der Waals surface area contributed by atoms with Gasteiger partial charge in [0.05, 0.1) is 0 Å². The summed E-state index contributed by atoms with van der Waals surface area (Å²) in [5.41, 5.74) is 0. The summed E-state index contributed by atoms with van der Waals surface area (Å²) in [6.45, 7) is 11.4. The molecule has 0 fully saturated rings. The van der Waals surface area contributed by atoms with Crippen LogP contribution in [0, 0.1) is 11.8 Å². The highest BCUT2D eigenvalue weighted by molar-refractivity contribution is 5.60. The average Bonchev–Trinajstić information content (AvgIpc) is 2.30. The SMILES string of the molecule is CCCC(CC)/N=C/C(C)C(CC)CCC. The zero-order chi connectivity index (χ0) is 12.4. The molecule has 1 nitrogen and oxygen atoms in total. The highest BCUT2D eigenvalue weighted by atomic mass is 14.8. The fourth-order valence-electron chi connectivity index (χ4n) is 2.31. The molecule has 0 aliphatic rings. The molecule has 0 aromatic heterocycles. The Kier molecular flexibility index (Phi) is 9.66. The highest BCUT2D eigenvalue weighted by Gasteiger charge is 2.12. The van der Waals surface area contributed by atoms with E-state index in [4.69, 9.17) is 4.99 Å². The Labute approximate surface area is 103 Å². The van der Waals surface area contributed by atoms with Gasteiger partial charge in [0.1, 0.15) is 0 Å². The first kappa shape index (κ1) is 15.7. The van der Waals surface area contributed by atoms with Crippen molar-refractivity contribution >= 4 is 6.21 Å². The van der Waals surface area contributed by atoms with Crippen molar-refractivity contribution in [2.45, 2.75) is 79.2 Å². The first-order valence-corrected chi connectivity index (χ1v) is 7.22. The van der Waals surface area contributed by atoms with Crippen molar-refractivity contribution in [3.8, 4) is 0 Å². The van der Waals surface area contributed by atoms with Crippen LogP contribution in [0.4, 0.5) is 0 Å². The highest BCUT2D eigenvalue weighted by Crippen LogP contribution is 2.20. The molecular formula is C15H31N. The molecule has 0 N–H and O–H groups in total. The maximum Gasteiger partial charge on any atom is 0.0493 e. The molecule has 0 rings (SSSR count). The van der Waals surface area contributed by atoms with Gasteiger partial charge >= 0.3 is 0 Å². The molecule has 0 bridgehead atoms. The molecule has 0 saturated carbocycles. The standard InChI is InChI=1S/C15H31N/c1-6-10-14(8-3)13(5)12-16-15(9-4)11-7-2/h12-15H,6-11H2,1-5H3/b16-12+. The molecule has 0 aromatic carbocycles. The molecule has 0 radical (unpaired) electrons. The summed E-state index contributed by atoms with van der Waals surface area (Å²) in [4.78, 5) is 4.76. The van der Waals surface area contributed by atoms with E-state index in [1.807, 2.05) is 0 Å². The van der Waals surface area contributed by atoms with Gasteiger partial charge in [-0.2, -0.15) is 0 Å². The summed E-state index contributed by atoms with van der Waals surface area (Å²) in [6, 6.07) is 0.562. The smallest absolute Gasteiger partial charge is 0.0493 e. The van der Waals surface area contributed by atoms with E-state index < -0.39 is 0 Å². The minimum Gasteiger partial charge on any atom is -0.294 e. The fourth-order valence-corrected chi connectivity index (χ4v) is 2.31. The van der Waals surface area contributed by atoms with E-state index in [1.54, 1.807) is 0 Å². The molecule has 0 heterocycles. The molecular weight excluding hydrogens is 194 g/mol. The summed E-state index contributed by atoms with van der Waals surface area (Å²) in [7, 11) is 0. The van der Waals surface area contributed by atoms with Crippen molar-refractivity contribution in [2.24, 2.45) is 16.8 Å². The van der Waals surface area contributed by atoms with E-state index in [-0.39, 0.29) is 0 Å². The summed E-state index contributed by atoms with van der Waals surface area (Å²) in [5, 5.41) is 0. The van der Waals surface area contributed by atoms with Gasteiger partial charge in [0, 0.05) is 12.3 Å². The van der Waals surface area contributed by atoms with Crippen molar-refractivity contribution in [1.82, 2.24) is 0 Å². The maximum absolute atomic E-state index is 4.76. The van der Waals surface area contributed by atoms with Crippen LogP contribution in [0.3, 0.4) is 0 Å². The minimum atomic E-state index is 0.562. The predicted molar refractivity (Wildman–Crippen MR) is 75.3 cm³/mol. The van der Waals surface area contributed by atoms with E-state index >= 15 is 0 Å². The number of nitrogens with zero attached hydrogens (tertiary/aromatic N) is 1. The lowest BCUT2D eigenvalue weighted by Gasteiger charge is -2.19. The molecule has 3 unspecified atom stereocenters. The van der Waals surface area contributed by atoms with E-state index in [9.17, 15) is 0 Å². The molecule has 0 aromatic rings. The minimum absolute atomic E-state index is 0.562. The zero-order valence-electron chi connectivity index (χ0n) is 12.0. The fraction of sp³-hybridized carbons (Fsp3) is 0.933. The van der Waals surface area contributed by atoms with Gasteiger partial charge in [-0.3, -0.25) is 4.99 Å². The van der Waals surface area contributed by atoms with Gasteiger partial charge in [-0.25, -0.2) is 0 Å².